The normalized spacial score (nSPS) is 16.6. The maximum Gasteiger partial charge on any atom is 0.255 e. The lowest BCUT2D eigenvalue weighted by Crippen LogP contribution is -2.48. The molecule has 0 atom stereocenters. The summed E-state index contributed by atoms with van der Waals surface area (Å²) in [6, 6.07) is 5.80. The maximum atomic E-state index is 13.7. The van der Waals surface area contributed by atoms with E-state index in [4.69, 9.17) is 26.3 Å². The monoisotopic (exact) mass is 635 g/mol. The number of rotatable bonds is 10. The number of nitrogens with one attached hydrogen (secondary N) is 3. The summed E-state index contributed by atoms with van der Waals surface area (Å²) in [5, 5.41) is 10.1. The lowest BCUT2D eigenvalue weighted by molar-refractivity contribution is -0.128. The SMILES string of the molecule is C=Cc1ccc(CNC(=O)C(C)(C)C)c(Cl)c1Nc1nc2cc(C(=O)NC3CCCCC3)c(N(C)CC3(C)COC3)nc2n1C. The molecule has 2 fully saturated rings. The van der Waals surface area contributed by atoms with Crippen LogP contribution in [0.2, 0.25) is 5.02 Å². The van der Waals surface area contributed by atoms with Crippen LogP contribution in [-0.2, 0) is 23.1 Å². The fourth-order valence-corrected chi connectivity index (χ4v) is 6.28. The standard InChI is InChI=1S/C34H46ClN7O3/c1-8-21-14-15-22(17-36-31(44)33(2,3)4)26(35)27(21)39-32-38-25-16-24(30(43)37-23-12-10-9-11-13-23)28(40-29(25)42(32)7)41(6)18-34(5)19-45-20-34/h8,14-16,23H,1,9-13,17-20H2,2-7H3,(H,36,44)(H,37,43)(H,38,39). The lowest BCUT2D eigenvalue weighted by atomic mass is 9.88. The van der Waals surface area contributed by atoms with Gasteiger partial charge in [-0.15, -0.1) is 0 Å². The van der Waals surface area contributed by atoms with Gasteiger partial charge in [0.2, 0.25) is 11.9 Å². The summed E-state index contributed by atoms with van der Waals surface area (Å²) in [7, 11) is 3.86. The summed E-state index contributed by atoms with van der Waals surface area (Å²) in [5.41, 5.74) is 3.38. The summed E-state index contributed by atoms with van der Waals surface area (Å²) >= 11 is 6.91. The third-order valence-electron chi connectivity index (χ3n) is 8.72. The van der Waals surface area contributed by atoms with Crippen LogP contribution in [0.4, 0.5) is 17.5 Å². The van der Waals surface area contributed by atoms with Crippen molar-refractivity contribution in [2.24, 2.45) is 17.9 Å². The molecule has 0 bridgehead atoms. The Morgan fingerprint density at radius 1 is 1.20 bits per heavy atom. The zero-order chi connectivity index (χ0) is 32.5. The Morgan fingerprint density at radius 2 is 1.91 bits per heavy atom. The van der Waals surface area contributed by atoms with E-state index in [2.05, 4.69) is 34.4 Å². The molecule has 5 rings (SSSR count). The molecule has 3 heterocycles. The number of carbonyl (C=O) groups is 2. The quantitative estimate of drug-likeness (QED) is 0.243. The molecule has 0 spiro atoms. The van der Waals surface area contributed by atoms with E-state index < -0.39 is 5.41 Å². The molecule has 11 heteroatoms. The average Bonchev–Trinajstić information content (AvgIpc) is 3.29. The van der Waals surface area contributed by atoms with Crippen molar-refractivity contribution in [1.29, 1.82) is 0 Å². The number of halogens is 1. The number of anilines is 3. The number of aryl methyl sites for hydroxylation is 1. The number of benzene rings is 1. The molecule has 2 aliphatic rings. The van der Waals surface area contributed by atoms with Gasteiger partial charge in [-0.3, -0.25) is 14.2 Å². The van der Waals surface area contributed by atoms with Gasteiger partial charge < -0.3 is 25.6 Å². The van der Waals surface area contributed by atoms with Crippen molar-refractivity contribution >= 4 is 58.1 Å². The van der Waals surface area contributed by atoms with Crippen LogP contribution in [-0.4, -0.2) is 59.2 Å². The van der Waals surface area contributed by atoms with Gasteiger partial charge >= 0.3 is 0 Å². The van der Waals surface area contributed by atoms with Crippen molar-refractivity contribution in [3.8, 4) is 0 Å². The summed E-state index contributed by atoms with van der Waals surface area (Å²) in [6.07, 6.45) is 7.17. The Kier molecular flexibility index (Phi) is 9.46. The van der Waals surface area contributed by atoms with Gasteiger partial charge in [-0.05, 0) is 30.0 Å². The molecular weight excluding hydrogens is 590 g/mol. The highest BCUT2D eigenvalue weighted by Crippen LogP contribution is 2.35. The molecule has 1 aliphatic carbocycles. The molecule has 2 amide bonds. The zero-order valence-corrected chi connectivity index (χ0v) is 28.1. The third kappa shape index (κ3) is 7.12. The second kappa shape index (κ2) is 13.0. The molecule has 1 aliphatic heterocycles. The van der Waals surface area contributed by atoms with Crippen molar-refractivity contribution in [3.05, 3.63) is 46.5 Å². The number of pyridine rings is 1. The van der Waals surface area contributed by atoms with Crippen LogP contribution in [0.25, 0.3) is 17.2 Å². The number of amides is 2. The Balaban J connectivity index is 1.49. The molecule has 3 aromatic rings. The molecule has 0 unspecified atom stereocenters. The highest BCUT2D eigenvalue weighted by atomic mass is 35.5. The van der Waals surface area contributed by atoms with Crippen molar-refractivity contribution in [1.82, 2.24) is 25.2 Å². The zero-order valence-electron chi connectivity index (χ0n) is 27.3. The van der Waals surface area contributed by atoms with E-state index in [1.165, 1.54) is 6.42 Å². The smallest absolute Gasteiger partial charge is 0.255 e. The maximum absolute atomic E-state index is 13.7. The number of aromatic nitrogens is 3. The Labute approximate surface area is 271 Å². The Bertz CT molecular complexity index is 1600. The van der Waals surface area contributed by atoms with Crippen LogP contribution in [0.1, 0.15) is 81.3 Å². The first-order valence-corrected chi connectivity index (χ1v) is 16.1. The number of ether oxygens (including phenoxy) is 1. The van der Waals surface area contributed by atoms with Gasteiger partial charge in [0, 0.05) is 44.1 Å². The minimum Gasteiger partial charge on any atom is -0.380 e. The third-order valence-corrected chi connectivity index (χ3v) is 9.15. The predicted molar refractivity (Wildman–Crippen MR) is 181 cm³/mol. The molecule has 0 radical (unpaired) electrons. The highest BCUT2D eigenvalue weighted by Gasteiger charge is 2.36. The number of nitrogens with zero attached hydrogens (tertiary/aromatic N) is 4. The molecule has 45 heavy (non-hydrogen) atoms. The van der Waals surface area contributed by atoms with E-state index in [0.717, 1.165) is 36.8 Å². The largest absolute Gasteiger partial charge is 0.380 e. The van der Waals surface area contributed by atoms with Crippen LogP contribution in [0.3, 0.4) is 0 Å². The van der Waals surface area contributed by atoms with E-state index in [0.29, 0.717) is 59.0 Å². The van der Waals surface area contributed by atoms with Crippen LogP contribution >= 0.6 is 11.6 Å². The molecule has 10 nitrogen and oxygen atoms in total. The van der Waals surface area contributed by atoms with E-state index in [9.17, 15) is 9.59 Å². The highest BCUT2D eigenvalue weighted by molar-refractivity contribution is 6.34. The molecule has 242 valence electrons. The average molecular weight is 636 g/mol. The summed E-state index contributed by atoms with van der Waals surface area (Å²) < 4.78 is 7.36. The number of imidazole rings is 1. The minimum absolute atomic E-state index is 0.00309. The topological polar surface area (TPSA) is 113 Å². The molecular formula is C34H46ClN7O3. The van der Waals surface area contributed by atoms with Crippen LogP contribution in [0, 0.1) is 10.8 Å². The van der Waals surface area contributed by atoms with Crippen molar-refractivity contribution < 1.29 is 14.3 Å². The second-order valence-corrected chi connectivity index (χ2v) is 14.3. The molecule has 2 aromatic heterocycles. The fourth-order valence-electron chi connectivity index (χ4n) is 5.99. The molecule has 1 aromatic carbocycles. The first kappa shape index (κ1) is 32.8. The summed E-state index contributed by atoms with van der Waals surface area (Å²) in [6.45, 7) is 14.1. The van der Waals surface area contributed by atoms with E-state index >= 15 is 0 Å². The van der Waals surface area contributed by atoms with Gasteiger partial charge in [-0.25, -0.2) is 9.97 Å². The number of hydrogen-bond donors (Lipinski definition) is 3. The van der Waals surface area contributed by atoms with Gasteiger partial charge in [-0.2, -0.15) is 0 Å². The van der Waals surface area contributed by atoms with Gasteiger partial charge in [0.05, 0.1) is 29.5 Å². The van der Waals surface area contributed by atoms with Gasteiger partial charge in [0.25, 0.3) is 5.91 Å². The van der Waals surface area contributed by atoms with Crippen LogP contribution < -0.4 is 20.9 Å². The van der Waals surface area contributed by atoms with Crippen molar-refractivity contribution in [2.75, 3.05) is 37.0 Å². The molecule has 1 saturated heterocycles. The van der Waals surface area contributed by atoms with E-state index in [1.807, 2.05) is 57.6 Å². The molecule has 1 saturated carbocycles. The van der Waals surface area contributed by atoms with E-state index in [-0.39, 0.29) is 29.8 Å². The van der Waals surface area contributed by atoms with E-state index in [1.54, 1.807) is 6.08 Å². The first-order chi connectivity index (χ1) is 21.3. The summed E-state index contributed by atoms with van der Waals surface area (Å²) in [5.74, 6) is 0.927. The van der Waals surface area contributed by atoms with Gasteiger partial charge in [0.1, 0.15) is 11.3 Å². The number of fused-ring (bicyclic) bond motifs is 1. The van der Waals surface area contributed by atoms with Gasteiger partial charge in [-0.1, -0.05) is 83.3 Å². The Morgan fingerprint density at radius 3 is 2.53 bits per heavy atom. The fraction of sp³-hybridized carbons (Fsp3) is 0.529. The predicted octanol–water partition coefficient (Wildman–Crippen LogP) is 6.21. The summed E-state index contributed by atoms with van der Waals surface area (Å²) in [4.78, 5) is 38.2. The first-order valence-electron chi connectivity index (χ1n) is 15.8. The van der Waals surface area contributed by atoms with Crippen molar-refractivity contribution in [2.45, 2.75) is 72.4 Å². The second-order valence-electron chi connectivity index (χ2n) is 13.9. The minimum atomic E-state index is -0.517. The number of carbonyl (C=O) groups excluding carboxylic acids is 2. The molecule has 3 N–H and O–H groups in total. The lowest BCUT2D eigenvalue weighted by Gasteiger charge is -2.41. The van der Waals surface area contributed by atoms with Gasteiger partial charge in [0.15, 0.2) is 5.65 Å². The Hall–Kier alpha value is -3.63. The van der Waals surface area contributed by atoms with Crippen LogP contribution in [0.5, 0.6) is 0 Å². The van der Waals surface area contributed by atoms with Crippen molar-refractivity contribution in [3.63, 3.8) is 0 Å². The number of hydrogen-bond acceptors (Lipinski definition) is 7. The van der Waals surface area contributed by atoms with Crippen LogP contribution in [0.15, 0.2) is 24.8 Å².